The monoisotopic (exact) mass is 520 g/mol. The van der Waals surface area contributed by atoms with E-state index >= 15 is 0 Å². The number of hydrogen-bond acceptors (Lipinski definition) is 3. The van der Waals surface area contributed by atoms with Crippen molar-refractivity contribution >= 4 is 22.6 Å². The summed E-state index contributed by atoms with van der Waals surface area (Å²) in [6.07, 6.45) is 2.96. The van der Waals surface area contributed by atoms with Crippen LogP contribution in [0, 0.1) is 13.8 Å². The van der Waals surface area contributed by atoms with E-state index in [1.807, 2.05) is 82.0 Å². The molecule has 5 nitrogen and oxygen atoms in total. The van der Waals surface area contributed by atoms with Crippen molar-refractivity contribution in [3.8, 4) is 11.4 Å². The molecule has 0 fully saturated rings. The summed E-state index contributed by atoms with van der Waals surface area (Å²) in [5.74, 6) is 0.553. The Balaban J connectivity index is 1.54. The van der Waals surface area contributed by atoms with Crippen molar-refractivity contribution in [3.05, 3.63) is 153 Å². The molecular formula is C35H28N4O. The summed E-state index contributed by atoms with van der Waals surface area (Å²) in [5.41, 5.74) is 9.00. The SMILES string of the molecule is Cc1ccc(-n2c(C3CC(c4ccccc4)=Cc4c3c(C)nn4-c3ccccc3)nc3ccccc3c2=O)cc1. The quantitative estimate of drug-likeness (QED) is 0.246. The maximum atomic E-state index is 14.1. The Bertz CT molecular complexity index is 1950. The first-order chi connectivity index (χ1) is 19.6. The van der Waals surface area contributed by atoms with Crippen molar-refractivity contribution in [1.29, 1.82) is 0 Å². The van der Waals surface area contributed by atoms with Gasteiger partial charge in [-0.05, 0) is 73.9 Å². The number of aromatic nitrogens is 4. The third-order valence-electron chi connectivity index (χ3n) is 7.78. The van der Waals surface area contributed by atoms with Crippen LogP contribution in [0.2, 0.25) is 0 Å². The van der Waals surface area contributed by atoms with E-state index in [1.54, 1.807) is 0 Å². The molecule has 0 bridgehead atoms. The number of aryl methyl sites for hydroxylation is 2. The second-order valence-corrected chi connectivity index (χ2v) is 10.4. The summed E-state index contributed by atoms with van der Waals surface area (Å²) in [7, 11) is 0. The Morgan fingerprint density at radius 2 is 1.43 bits per heavy atom. The molecule has 0 radical (unpaired) electrons. The zero-order chi connectivity index (χ0) is 27.2. The summed E-state index contributed by atoms with van der Waals surface area (Å²) in [5, 5.41) is 5.63. The molecule has 4 aromatic carbocycles. The van der Waals surface area contributed by atoms with E-state index in [2.05, 4.69) is 56.3 Å². The maximum Gasteiger partial charge on any atom is 0.265 e. The number of allylic oxidation sites excluding steroid dienone is 1. The molecule has 0 aliphatic heterocycles. The average molecular weight is 521 g/mol. The highest BCUT2D eigenvalue weighted by Crippen LogP contribution is 2.43. The van der Waals surface area contributed by atoms with Crippen LogP contribution in [-0.4, -0.2) is 19.3 Å². The van der Waals surface area contributed by atoms with E-state index in [0.717, 1.165) is 45.3 Å². The lowest BCUT2D eigenvalue weighted by atomic mass is 9.81. The van der Waals surface area contributed by atoms with Crippen LogP contribution < -0.4 is 5.56 Å². The molecule has 0 amide bonds. The molecule has 2 aromatic heterocycles. The van der Waals surface area contributed by atoms with E-state index in [-0.39, 0.29) is 11.5 Å². The van der Waals surface area contributed by atoms with Gasteiger partial charge in [0.25, 0.3) is 5.56 Å². The van der Waals surface area contributed by atoms with Gasteiger partial charge in [-0.1, -0.05) is 78.4 Å². The van der Waals surface area contributed by atoms with Gasteiger partial charge >= 0.3 is 0 Å². The molecule has 0 N–H and O–H groups in total. The fraction of sp³-hybridized carbons (Fsp3) is 0.114. The topological polar surface area (TPSA) is 52.7 Å². The Kier molecular flexibility index (Phi) is 5.78. The third kappa shape index (κ3) is 3.98. The first-order valence-corrected chi connectivity index (χ1v) is 13.6. The van der Waals surface area contributed by atoms with E-state index < -0.39 is 0 Å². The highest BCUT2D eigenvalue weighted by atomic mass is 16.1. The van der Waals surface area contributed by atoms with Crippen LogP contribution in [0.15, 0.2) is 114 Å². The highest BCUT2D eigenvalue weighted by molar-refractivity contribution is 5.86. The number of para-hydroxylation sites is 2. The van der Waals surface area contributed by atoms with E-state index in [0.29, 0.717) is 17.3 Å². The predicted molar refractivity (Wildman–Crippen MR) is 161 cm³/mol. The van der Waals surface area contributed by atoms with Crippen LogP contribution in [-0.2, 0) is 0 Å². The number of fused-ring (bicyclic) bond motifs is 2. The molecule has 1 atom stereocenters. The minimum absolute atomic E-state index is 0.0603. The highest BCUT2D eigenvalue weighted by Gasteiger charge is 2.33. The molecule has 5 heteroatoms. The van der Waals surface area contributed by atoms with Gasteiger partial charge < -0.3 is 0 Å². The first kappa shape index (κ1) is 24.0. The van der Waals surface area contributed by atoms with Gasteiger partial charge in [-0.3, -0.25) is 9.36 Å². The minimum atomic E-state index is -0.175. The molecule has 1 aliphatic rings. The fourth-order valence-electron chi connectivity index (χ4n) is 5.84. The molecule has 194 valence electrons. The van der Waals surface area contributed by atoms with Crippen LogP contribution in [0.1, 0.15) is 46.2 Å². The van der Waals surface area contributed by atoms with Crippen LogP contribution in [0.25, 0.3) is 33.9 Å². The summed E-state index contributed by atoms with van der Waals surface area (Å²) in [4.78, 5) is 19.3. The van der Waals surface area contributed by atoms with Crippen molar-refractivity contribution in [3.63, 3.8) is 0 Å². The summed E-state index contributed by atoms with van der Waals surface area (Å²) >= 11 is 0. The van der Waals surface area contributed by atoms with Gasteiger partial charge in [0.2, 0.25) is 0 Å². The molecule has 0 spiro atoms. The smallest absolute Gasteiger partial charge is 0.265 e. The normalized spacial score (nSPS) is 14.7. The lowest BCUT2D eigenvalue weighted by molar-refractivity contribution is 0.707. The molecule has 2 heterocycles. The number of nitrogens with zero attached hydrogens (tertiary/aromatic N) is 4. The van der Waals surface area contributed by atoms with Crippen molar-refractivity contribution in [2.75, 3.05) is 0 Å². The van der Waals surface area contributed by atoms with Crippen LogP contribution in [0.5, 0.6) is 0 Å². The zero-order valence-corrected chi connectivity index (χ0v) is 22.5. The fourth-order valence-corrected chi connectivity index (χ4v) is 5.84. The largest absolute Gasteiger partial charge is 0.268 e. The lowest BCUT2D eigenvalue weighted by Gasteiger charge is -2.27. The predicted octanol–water partition coefficient (Wildman–Crippen LogP) is 7.26. The van der Waals surface area contributed by atoms with Gasteiger partial charge in [-0.15, -0.1) is 0 Å². The second-order valence-electron chi connectivity index (χ2n) is 10.4. The minimum Gasteiger partial charge on any atom is -0.268 e. The number of benzene rings is 4. The van der Waals surface area contributed by atoms with Gasteiger partial charge in [-0.25, -0.2) is 9.67 Å². The molecule has 0 saturated heterocycles. The van der Waals surface area contributed by atoms with Gasteiger partial charge in [0.05, 0.1) is 39.6 Å². The summed E-state index contributed by atoms with van der Waals surface area (Å²) < 4.78 is 3.83. The van der Waals surface area contributed by atoms with Crippen molar-refractivity contribution in [2.45, 2.75) is 26.2 Å². The van der Waals surface area contributed by atoms with Gasteiger partial charge in [0, 0.05) is 5.56 Å². The van der Waals surface area contributed by atoms with Crippen LogP contribution >= 0.6 is 0 Å². The average Bonchev–Trinajstić information content (AvgIpc) is 3.34. The third-order valence-corrected chi connectivity index (χ3v) is 7.78. The molecule has 40 heavy (non-hydrogen) atoms. The van der Waals surface area contributed by atoms with E-state index in [4.69, 9.17) is 10.1 Å². The van der Waals surface area contributed by atoms with Crippen molar-refractivity contribution in [1.82, 2.24) is 19.3 Å². The standard InChI is InChI=1S/C35H28N4O/c1-23-17-19-27(20-18-23)38-34(36-31-16-10-9-15-29(31)35(38)40)30-21-26(25-11-5-3-6-12-25)22-32-33(30)24(2)37-39(32)28-13-7-4-8-14-28/h3-20,22,30H,21H2,1-2H3. The Morgan fingerprint density at radius 1 is 0.750 bits per heavy atom. The molecule has 0 saturated carbocycles. The summed E-state index contributed by atoms with van der Waals surface area (Å²) in [6.45, 7) is 4.11. The molecule has 7 rings (SSSR count). The second kappa shape index (κ2) is 9.62. The lowest BCUT2D eigenvalue weighted by Crippen LogP contribution is -2.27. The molecule has 1 unspecified atom stereocenters. The first-order valence-electron chi connectivity index (χ1n) is 13.6. The van der Waals surface area contributed by atoms with Gasteiger partial charge in [-0.2, -0.15) is 5.10 Å². The van der Waals surface area contributed by atoms with Gasteiger partial charge in [0.1, 0.15) is 5.82 Å². The number of rotatable bonds is 4. The van der Waals surface area contributed by atoms with E-state index in [9.17, 15) is 4.79 Å². The van der Waals surface area contributed by atoms with E-state index in [1.165, 1.54) is 5.57 Å². The Labute approximate surface area is 232 Å². The maximum absolute atomic E-state index is 14.1. The molecule has 6 aromatic rings. The summed E-state index contributed by atoms with van der Waals surface area (Å²) in [6, 6.07) is 36.4. The van der Waals surface area contributed by atoms with Crippen LogP contribution in [0.3, 0.4) is 0 Å². The Hall–Kier alpha value is -5.03. The molecular weight excluding hydrogens is 492 g/mol. The molecule has 1 aliphatic carbocycles. The zero-order valence-electron chi connectivity index (χ0n) is 22.5. The number of hydrogen-bond donors (Lipinski definition) is 0. The van der Waals surface area contributed by atoms with Crippen LogP contribution in [0.4, 0.5) is 0 Å². The Morgan fingerprint density at radius 3 is 2.17 bits per heavy atom. The van der Waals surface area contributed by atoms with Crippen molar-refractivity contribution < 1.29 is 0 Å². The van der Waals surface area contributed by atoms with Gasteiger partial charge in [0.15, 0.2) is 0 Å². The van der Waals surface area contributed by atoms with Crippen molar-refractivity contribution in [2.24, 2.45) is 0 Å².